The fraction of sp³-hybridized carbons (Fsp3) is 0.300. The van der Waals surface area contributed by atoms with E-state index in [1.54, 1.807) is 10.7 Å². The van der Waals surface area contributed by atoms with Crippen LogP contribution in [0.25, 0.3) is 21.8 Å². The molecule has 0 saturated carbocycles. The summed E-state index contributed by atoms with van der Waals surface area (Å²) in [5.74, 6) is 0.947. The summed E-state index contributed by atoms with van der Waals surface area (Å²) in [6.07, 6.45) is 1.41. The molecule has 0 aliphatic rings. The molecule has 0 aliphatic carbocycles. The molecule has 1 aromatic carbocycles. The minimum absolute atomic E-state index is 0.317. The Hall–Kier alpha value is -3.22. The molecule has 7 heteroatoms. The highest BCUT2D eigenvalue weighted by atomic mass is 16.4. The van der Waals surface area contributed by atoms with Crippen molar-refractivity contribution in [3.63, 3.8) is 0 Å². The molecule has 0 spiro atoms. The molecule has 0 fully saturated rings. The van der Waals surface area contributed by atoms with Crippen molar-refractivity contribution in [2.45, 2.75) is 40.7 Å². The summed E-state index contributed by atoms with van der Waals surface area (Å²) in [4.78, 5) is 20.7. The van der Waals surface area contributed by atoms with Gasteiger partial charge in [-0.05, 0) is 37.8 Å². The van der Waals surface area contributed by atoms with Gasteiger partial charge in [-0.3, -0.25) is 0 Å². The normalized spacial score (nSPS) is 12.0. The van der Waals surface area contributed by atoms with E-state index in [4.69, 9.17) is 10.2 Å². The Labute approximate surface area is 156 Å². The average molecular weight is 365 g/mol. The Morgan fingerprint density at radius 3 is 2.48 bits per heavy atom. The molecule has 1 atom stereocenters. The topological polar surface area (TPSA) is 99.8 Å². The van der Waals surface area contributed by atoms with E-state index in [0.717, 1.165) is 22.0 Å². The van der Waals surface area contributed by atoms with Gasteiger partial charge in [-0.25, -0.2) is 19.4 Å². The number of rotatable bonds is 2. The van der Waals surface area contributed by atoms with Gasteiger partial charge >= 0.3 is 5.63 Å². The molecular formula is C20H23N5O2. The van der Waals surface area contributed by atoms with E-state index in [2.05, 4.69) is 15.1 Å². The quantitative estimate of drug-likeness (QED) is 0.580. The predicted molar refractivity (Wildman–Crippen MR) is 107 cm³/mol. The van der Waals surface area contributed by atoms with Crippen molar-refractivity contribution < 1.29 is 4.42 Å². The second kappa shape index (κ2) is 7.19. The number of benzene rings is 1. The Morgan fingerprint density at radius 2 is 1.78 bits per heavy atom. The highest BCUT2D eigenvalue weighted by Crippen LogP contribution is 2.29. The van der Waals surface area contributed by atoms with Crippen LogP contribution in [-0.2, 0) is 0 Å². The maximum atomic E-state index is 12.4. The number of aromatic nitrogens is 4. The van der Waals surface area contributed by atoms with Crippen LogP contribution in [0.15, 0.2) is 39.8 Å². The Kier molecular flexibility index (Phi) is 4.94. The monoisotopic (exact) mass is 365 g/mol. The fourth-order valence-corrected chi connectivity index (χ4v) is 3.30. The molecule has 140 valence electrons. The Morgan fingerprint density at radius 1 is 1.11 bits per heavy atom. The number of anilines is 1. The molecule has 4 rings (SSSR count). The summed E-state index contributed by atoms with van der Waals surface area (Å²) in [6, 6.07) is 7.10. The van der Waals surface area contributed by atoms with E-state index < -0.39 is 0 Å². The van der Waals surface area contributed by atoms with Gasteiger partial charge in [0.25, 0.3) is 0 Å². The molecule has 0 radical (unpaired) electrons. The van der Waals surface area contributed by atoms with Crippen molar-refractivity contribution in [2.75, 3.05) is 5.73 Å². The third-order valence-electron chi connectivity index (χ3n) is 4.56. The van der Waals surface area contributed by atoms with Crippen LogP contribution in [0.2, 0.25) is 0 Å². The van der Waals surface area contributed by atoms with Crippen molar-refractivity contribution in [1.29, 1.82) is 0 Å². The molecule has 7 nitrogen and oxygen atoms in total. The van der Waals surface area contributed by atoms with E-state index in [1.165, 1.54) is 6.33 Å². The molecule has 27 heavy (non-hydrogen) atoms. The molecule has 0 aliphatic heterocycles. The predicted octanol–water partition coefficient (Wildman–Crippen LogP) is 3.77. The standard InChI is InChI=1S/C18H17N5O2.C2H6/c1-9-12-6-4-5-7-13(12)18(24)25-15(9)11(3)23-17-14(10(2)22-23)16(19)20-8-21-17;1-2/h4-8,11H,1-3H3,(H2,19,20,21);1-2H3. The van der Waals surface area contributed by atoms with Crippen LogP contribution in [0.1, 0.15) is 43.8 Å². The Balaban J connectivity index is 0.00000102. The molecule has 0 saturated heterocycles. The fourth-order valence-electron chi connectivity index (χ4n) is 3.30. The zero-order valence-electron chi connectivity index (χ0n) is 16.1. The van der Waals surface area contributed by atoms with Crippen molar-refractivity contribution in [3.8, 4) is 0 Å². The first-order valence-corrected chi connectivity index (χ1v) is 8.96. The highest BCUT2D eigenvalue weighted by Gasteiger charge is 2.22. The zero-order chi connectivity index (χ0) is 19.7. The van der Waals surface area contributed by atoms with Crippen LogP contribution in [-0.4, -0.2) is 19.7 Å². The van der Waals surface area contributed by atoms with Gasteiger partial charge in [-0.1, -0.05) is 32.0 Å². The minimum Gasteiger partial charge on any atom is -0.425 e. The minimum atomic E-state index is -0.356. The van der Waals surface area contributed by atoms with Crippen LogP contribution >= 0.6 is 0 Å². The van der Waals surface area contributed by atoms with Crippen LogP contribution < -0.4 is 11.4 Å². The number of fused-ring (bicyclic) bond motifs is 2. The summed E-state index contributed by atoms with van der Waals surface area (Å²) in [5, 5.41) is 6.72. The summed E-state index contributed by atoms with van der Waals surface area (Å²) >= 11 is 0. The van der Waals surface area contributed by atoms with Gasteiger partial charge in [-0.15, -0.1) is 0 Å². The Bertz CT molecular complexity index is 1180. The SMILES string of the molecule is CC.Cc1c(C(C)n2nc(C)c3c(N)ncnc32)oc(=O)c2ccccc12. The maximum absolute atomic E-state index is 12.4. The van der Waals surface area contributed by atoms with Gasteiger partial charge in [0.1, 0.15) is 23.9 Å². The molecule has 0 amide bonds. The molecule has 3 heterocycles. The lowest BCUT2D eigenvalue weighted by atomic mass is 10.0. The lowest BCUT2D eigenvalue weighted by Crippen LogP contribution is -2.14. The first-order chi connectivity index (χ1) is 13.0. The van der Waals surface area contributed by atoms with Gasteiger partial charge in [0.05, 0.1) is 16.5 Å². The van der Waals surface area contributed by atoms with Crippen LogP contribution in [0.5, 0.6) is 0 Å². The van der Waals surface area contributed by atoms with Crippen LogP contribution in [0, 0.1) is 13.8 Å². The maximum Gasteiger partial charge on any atom is 0.343 e. The van der Waals surface area contributed by atoms with Gasteiger partial charge < -0.3 is 10.2 Å². The summed E-state index contributed by atoms with van der Waals surface area (Å²) in [5.41, 5.74) is 7.87. The smallest absolute Gasteiger partial charge is 0.343 e. The van der Waals surface area contributed by atoms with E-state index in [-0.39, 0.29) is 11.7 Å². The number of hydrogen-bond acceptors (Lipinski definition) is 6. The van der Waals surface area contributed by atoms with Crippen LogP contribution in [0.4, 0.5) is 5.82 Å². The van der Waals surface area contributed by atoms with Gasteiger partial charge in [0, 0.05) is 0 Å². The van der Waals surface area contributed by atoms with E-state index >= 15 is 0 Å². The molecule has 0 bridgehead atoms. The lowest BCUT2D eigenvalue weighted by molar-refractivity contribution is 0.398. The highest BCUT2D eigenvalue weighted by molar-refractivity contribution is 5.88. The van der Waals surface area contributed by atoms with Crippen molar-refractivity contribution in [1.82, 2.24) is 19.7 Å². The first kappa shape index (κ1) is 18.6. The zero-order valence-corrected chi connectivity index (χ0v) is 16.1. The molecular weight excluding hydrogens is 342 g/mol. The number of aryl methyl sites for hydroxylation is 2. The van der Waals surface area contributed by atoms with E-state index in [0.29, 0.717) is 22.6 Å². The van der Waals surface area contributed by atoms with E-state index in [9.17, 15) is 4.79 Å². The lowest BCUT2D eigenvalue weighted by Gasteiger charge is -2.15. The van der Waals surface area contributed by atoms with E-state index in [1.807, 2.05) is 52.8 Å². The molecule has 4 aromatic rings. The third-order valence-corrected chi connectivity index (χ3v) is 4.56. The van der Waals surface area contributed by atoms with Gasteiger partial charge in [-0.2, -0.15) is 5.10 Å². The van der Waals surface area contributed by atoms with Gasteiger partial charge in [0.2, 0.25) is 0 Å². The second-order valence-corrected chi connectivity index (χ2v) is 6.09. The van der Waals surface area contributed by atoms with Crippen molar-refractivity contribution >= 4 is 27.6 Å². The number of hydrogen-bond donors (Lipinski definition) is 1. The summed E-state index contributed by atoms with van der Waals surface area (Å²) in [6.45, 7) is 9.72. The number of nitrogens with zero attached hydrogens (tertiary/aromatic N) is 4. The van der Waals surface area contributed by atoms with Crippen molar-refractivity contribution in [2.24, 2.45) is 0 Å². The number of nitrogen functional groups attached to an aromatic ring is 1. The number of nitrogens with two attached hydrogens (primary N) is 1. The van der Waals surface area contributed by atoms with Crippen LogP contribution in [0.3, 0.4) is 0 Å². The molecule has 2 N–H and O–H groups in total. The van der Waals surface area contributed by atoms with Crippen molar-refractivity contribution in [3.05, 3.63) is 58.0 Å². The third kappa shape index (κ3) is 2.95. The largest absolute Gasteiger partial charge is 0.425 e. The average Bonchev–Trinajstić information content (AvgIpc) is 3.04. The molecule has 3 aromatic heterocycles. The second-order valence-electron chi connectivity index (χ2n) is 6.09. The molecule has 1 unspecified atom stereocenters. The van der Waals surface area contributed by atoms with Gasteiger partial charge in [0.15, 0.2) is 5.65 Å². The summed E-state index contributed by atoms with van der Waals surface area (Å²) in [7, 11) is 0. The first-order valence-electron chi connectivity index (χ1n) is 8.96. The summed E-state index contributed by atoms with van der Waals surface area (Å²) < 4.78 is 7.36.